The first-order valence-electron chi connectivity index (χ1n) is 6.41. The third-order valence-electron chi connectivity index (χ3n) is 3.43. The van der Waals surface area contributed by atoms with Crippen LogP contribution in [-0.4, -0.2) is 34.1 Å². The summed E-state index contributed by atoms with van der Waals surface area (Å²) in [4.78, 5) is 14.5. The number of hydrogen-bond donors (Lipinski definition) is 1. The van der Waals surface area contributed by atoms with Crippen molar-refractivity contribution in [3.8, 4) is 0 Å². The fourth-order valence-electron chi connectivity index (χ4n) is 2.72. The molecule has 0 radical (unpaired) electrons. The lowest BCUT2D eigenvalue weighted by Gasteiger charge is -2.35. The molecule has 0 saturated carbocycles. The Balaban J connectivity index is 2.07. The molecule has 0 bridgehead atoms. The highest BCUT2D eigenvalue weighted by Crippen LogP contribution is 2.26. The van der Waals surface area contributed by atoms with Crippen LogP contribution in [0.4, 0.5) is 10.2 Å². The summed E-state index contributed by atoms with van der Waals surface area (Å²) in [6.45, 7) is 3.73. The van der Waals surface area contributed by atoms with Crippen LogP contribution in [-0.2, 0) is 0 Å². The number of halogens is 1. The largest absolute Gasteiger partial charge is 0.353 e. The van der Waals surface area contributed by atoms with Gasteiger partial charge in [-0.3, -0.25) is 0 Å². The summed E-state index contributed by atoms with van der Waals surface area (Å²) in [7, 11) is 0. The van der Waals surface area contributed by atoms with Crippen LogP contribution in [0.5, 0.6) is 0 Å². The standard InChI is InChI=1S/C13H16FN5/c1-8-4-9(15)7-19(6-8)13-12-11(10(14)5-18-13)16-2-3-17-12/h2-3,5,8-9H,4,6-7,15H2,1H3. The van der Waals surface area contributed by atoms with Gasteiger partial charge in [-0.2, -0.15) is 0 Å². The molecule has 100 valence electrons. The summed E-state index contributed by atoms with van der Waals surface area (Å²) in [6, 6.07) is 0.113. The van der Waals surface area contributed by atoms with Gasteiger partial charge in [-0.15, -0.1) is 0 Å². The number of nitrogens with two attached hydrogens (primary N) is 1. The van der Waals surface area contributed by atoms with Crippen molar-refractivity contribution in [3.63, 3.8) is 0 Å². The molecule has 1 aliphatic rings. The van der Waals surface area contributed by atoms with Gasteiger partial charge in [0.1, 0.15) is 11.0 Å². The second-order valence-electron chi connectivity index (χ2n) is 5.19. The normalized spacial score (nSPS) is 23.8. The van der Waals surface area contributed by atoms with Crippen molar-refractivity contribution < 1.29 is 4.39 Å². The maximum atomic E-state index is 13.7. The van der Waals surface area contributed by atoms with Crippen LogP contribution in [0.15, 0.2) is 18.6 Å². The predicted octanol–water partition coefficient (Wildman–Crippen LogP) is 1.34. The van der Waals surface area contributed by atoms with Crippen molar-refractivity contribution in [3.05, 3.63) is 24.4 Å². The minimum absolute atomic E-state index is 0.113. The molecule has 6 heteroatoms. The van der Waals surface area contributed by atoms with Gasteiger partial charge < -0.3 is 10.6 Å². The van der Waals surface area contributed by atoms with E-state index in [1.54, 1.807) is 6.20 Å². The average molecular weight is 261 g/mol. The summed E-state index contributed by atoms with van der Waals surface area (Å²) in [5.74, 6) is 0.718. The Morgan fingerprint density at radius 3 is 2.68 bits per heavy atom. The van der Waals surface area contributed by atoms with E-state index in [2.05, 4.69) is 26.8 Å². The summed E-state index contributed by atoms with van der Waals surface area (Å²) < 4.78 is 13.7. The first kappa shape index (κ1) is 12.2. The Morgan fingerprint density at radius 1 is 1.21 bits per heavy atom. The van der Waals surface area contributed by atoms with Crippen LogP contribution in [0.3, 0.4) is 0 Å². The van der Waals surface area contributed by atoms with E-state index in [9.17, 15) is 4.39 Å². The van der Waals surface area contributed by atoms with Crippen molar-refractivity contribution in [2.75, 3.05) is 18.0 Å². The van der Waals surface area contributed by atoms with E-state index in [1.807, 2.05) is 0 Å². The van der Waals surface area contributed by atoms with Crippen LogP contribution in [0.25, 0.3) is 11.0 Å². The van der Waals surface area contributed by atoms with E-state index in [0.29, 0.717) is 23.8 Å². The van der Waals surface area contributed by atoms with Gasteiger partial charge in [0.05, 0.1) is 6.20 Å². The molecule has 0 amide bonds. The highest BCUT2D eigenvalue weighted by molar-refractivity contribution is 5.85. The first-order valence-corrected chi connectivity index (χ1v) is 6.41. The molecule has 2 atom stereocenters. The Labute approximate surface area is 110 Å². The third kappa shape index (κ3) is 2.23. The lowest BCUT2D eigenvalue weighted by Crippen LogP contribution is -2.46. The molecular weight excluding hydrogens is 245 g/mol. The summed E-state index contributed by atoms with van der Waals surface area (Å²) >= 11 is 0. The van der Waals surface area contributed by atoms with Gasteiger partial charge in [-0.25, -0.2) is 19.3 Å². The number of nitrogens with zero attached hydrogens (tertiary/aromatic N) is 4. The maximum absolute atomic E-state index is 13.7. The van der Waals surface area contributed by atoms with Crippen molar-refractivity contribution in [1.29, 1.82) is 0 Å². The molecule has 19 heavy (non-hydrogen) atoms. The number of piperidine rings is 1. The van der Waals surface area contributed by atoms with Crippen LogP contribution in [0, 0.1) is 11.7 Å². The highest BCUT2D eigenvalue weighted by Gasteiger charge is 2.25. The van der Waals surface area contributed by atoms with Crippen molar-refractivity contribution >= 4 is 16.9 Å². The van der Waals surface area contributed by atoms with Gasteiger partial charge >= 0.3 is 0 Å². The van der Waals surface area contributed by atoms with Gasteiger partial charge in [0.25, 0.3) is 0 Å². The Morgan fingerprint density at radius 2 is 1.95 bits per heavy atom. The number of fused-ring (bicyclic) bond motifs is 1. The van der Waals surface area contributed by atoms with Gasteiger partial charge in [-0.1, -0.05) is 6.92 Å². The first-order chi connectivity index (χ1) is 9.15. The molecular formula is C13H16FN5. The summed E-state index contributed by atoms with van der Waals surface area (Å²) in [5, 5.41) is 0. The summed E-state index contributed by atoms with van der Waals surface area (Å²) in [6.07, 6.45) is 5.25. The van der Waals surface area contributed by atoms with Gasteiger partial charge in [0.15, 0.2) is 11.6 Å². The fourth-order valence-corrected chi connectivity index (χ4v) is 2.72. The molecule has 5 nitrogen and oxygen atoms in total. The fraction of sp³-hybridized carbons (Fsp3) is 0.462. The summed E-state index contributed by atoms with van der Waals surface area (Å²) in [5.41, 5.74) is 6.81. The van der Waals surface area contributed by atoms with Crippen molar-refractivity contribution in [2.24, 2.45) is 11.7 Å². The quantitative estimate of drug-likeness (QED) is 0.839. The molecule has 3 heterocycles. The number of hydrogen-bond acceptors (Lipinski definition) is 5. The van der Waals surface area contributed by atoms with Gasteiger partial charge in [0, 0.05) is 31.5 Å². The zero-order chi connectivity index (χ0) is 13.4. The topological polar surface area (TPSA) is 67.9 Å². The maximum Gasteiger partial charge on any atom is 0.169 e. The van der Waals surface area contributed by atoms with E-state index < -0.39 is 5.82 Å². The zero-order valence-corrected chi connectivity index (χ0v) is 10.8. The number of aromatic nitrogens is 3. The number of rotatable bonds is 1. The highest BCUT2D eigenvalue weighted by atomic mass is 19.1. The van der Waals surface area contributed by atoms with E-state index in [0.717, 1.165) is 13.0 Å². The SMILES string of the molecule is CC1CC(N)CN(c2ncc(F)c3nccnc23)C1. The second-order valence-corrected chi connectivity index (χ2v) is 5.19. The van der Waals surface area contributed by atoms with Crippen LogP contribution in [0.1, 0.15) is 13.3 Å². The molecule has 2 unspecified atom stereocenters. The van der Waals surface area contributed by atoms with Crippen molar-refractivity contribution in [1.82, 2.24) is 15.0 Å². The molecule has 2 aromatic rings. The Hall–Kier alpha value is -1.82. The van der Waals surface area contributed by atoms with E-state index in [4.69, 9.17) is 5.73 Å². The average Bonchev–Trinajstić information content (AvgIpc) is 2.38. The lowest BCUT2D eigenvalue weighted by molar-refractivity contribution is 0.400. The minimum Gasteiger partial charge on any atom is -0.353 e. The molecule has 2 aromatic heterocycles. The molecule has 0 spiro atoms. The van der Waals surface area contributed by atoms with Crippen LogP contribution in [0.2, 0.25) is 0 Å². The molecule has 3 rings (SSSR count). The molecule has 1 aliphatic heterocycles. The predicted molar refractivity (Wildman–Crippen MR) is 71.3 cm³/mol. The van der Waals surface area contributed by atoms with E-state index in [1.165, 1.54) is 12.4 Å². The van der Waals surface area contributed by atoms with Crippen molar-refractivity contribution in [2.45, 2.75) is 19.4 Å². The van der Waals surface area contributed by atoms with Crippen LogP contribution >= 0.6 is 0 Å². The molecule has 0 aromatic carbocycles. The van der Waals surface area contributed by atoms with E-state index in [-0.39, 0.29) is 11.6 Å². The molecule has 0 aliphatic carbocycles. The van der Waals surface area contributed by atoms with Crippen LogP contribution < -0.4 is 10.6 Å². The Kier molecular flexibility index (Phi) is 3.02. The molecule has 2 N–H and O–H groups in total. The number of pyridine rings is 1. The van der Waals surface area contributed by atoms with Gasteiger partial charge in [0.2, 0.25) is 0 Å². The number of anilines is 1. The van der Waals surface area contributed by atoms with E-state index >= 15 is 0 Å². The monoisotopic (exact) mass is 261 g/mol. The third-order valence-corrected chi connectivity index (χ3v) is 3.43. The smallest absolute Gasteiger partial charge is 0.169 e. The second kappa shape index (κ2) is 4.70. The Bertz CT molecular complexity index is 593. The lowest BCUT2D eigenvalue weighted by atomic mass is 9.96. The van der Waals surface area contributed by atoms with Gasteiger partial charge in [-0.05, 0) is 12.3 Å². The molecule has 1 fully saturated rings. The zero-order valence-electron chi connectivity index (χ0n) is 10.8. The minimum atomic E-state index is -0.443. The molecule has 1 saturated heterocycles.